The molecule has 2 aromatic heterocycles. The van der Waals surface area contributed by atoms with Crippen LogP contribution in [-0.4, -0.2) is 38.6 Å². The van der Waals surface area contributed by atoms with E-state index in [1.54, 1.807) is 6.33 Å². The Morgan fingerprint density at radius 2 is 1.89 bits per heavy atom. The van der Waals surface area contributed by atoms with Gasteiger partial charge in [0.25, 0.3) is 0 Å². The second-order valence-corrected chi connectivity index (χ2v) is 7.13. The molecule has 28 heavy (non-hydrogen) atoms. The predicted octanol–water partition coefficient (Wildman–Crippen LogP) is 3.63. The Kier molecular flexibility index (Phi) is 6.79. The molecule has 3 heterocycles. The van der Waals surface area contributed by atoms with E-state index in [4.69, 9.17) is 5.73 Å². The van der Waals surface area contributed by atoms with Crippen molar-refractivity contribution < 1.29 is 0 Å². The highest BCUT2D eigenvalue weighted by Gasteiger charge is 2.19. The summed E-state index contributed by atoms with van der Waals surface area (Å²) in [6.45, 7) is 11.2. The van der Waals surface area contributed by atoms with Crippen molar-refractivity contribution in [3.05, 3.63) is 73.2 Å². The van der Waals surface area contributed by atoms with Crippen LogP contribution >= 0.6 is 0 Å². The minimum absolute atomic E-state index is 0.172. The molecule has 6 heteroatoms. The number of anilines is 1. The lowest BCUT2D eigenvalue weighted by Crippen LogP contribution is -2.39. The molecule has 0 bridgehead atoms. The van der Waals surface area contributed by atoms with E-state index in [-0.39, 0.29) is 6.04 Å². The third kappa shape index (κ3) is 4.58. The molecule has 0 aliphatic carbocycles. The third-order valence-corrected chi connectivity index (χ3v) is 5.22. The number of benzene rings is 1. The molecule has 1 fully saturated rings. The topological polar surface area (TPSA) is 71.5 Å². The van der Waals surface area contributed by atoms with Gasteiger partial charge in [-0.15, -0.1) is 13.2 Å². The summed E-state index contributed by atoms with van der Waals surface area (Å²) >= 11 is 0. The van der Waals surface area contributed by atoms with Gasteiger partial charge in [-0.3, -0.25) is 4.90 Å². The van der Waals surface area contributed by atoms with E-state index in [9.17, 15) is 0 Å². The van der Waals surface area contributed by atoms with Gasteiger partial charge in [0.05, 0.1) is 6.04 Å². The first kappa shape index (κ1) is 20.0. The van der Waals surface area contributed by atoms with Crippen molar-refractivity contribution >= 4 is 11.3 Å². The fourth-order valence-corrected chi connectivity index (χ4v) is 3.63. The molecule has 6 nitrogen and oxygen atoms in total. The van der Waals surface area contributed by atoms with Crippen LogP contribution in [0.1, 0.15) is 36.9 Å². The summed E-state index contributed by atoms with van der Waals surface area (Å²) in [4.78, 5) is 7.00. The Labute approximate surface area is 167 Å². The van der Waals surface area contributed by atoms with Gasteiger partial charge in [-0.25, -0.2) is 9.50 Å². The molecule has 3 N–H and O–H groups in total. The lowest BCUT2D eigenvalue weighted by molar-refractivity contribution is 0.206. The molecular formula is C22H30N6. The Morgan fingerprint density at radius 3 is 2.61 bits per heavy atom. The largest absolute Gasteiger partial charge is 0.362 e. The van der Waals surface area contributed by atoms with Gasteiger partial charge in [0, 0.05) is 18.8 Å². The van der Waals surface area contributed by atoms with Crippen LogP contribution in [0.2, 0.25) is 0 Å². The molecule has 0 amide bonds. The molecule has 1 aliphatic rings. The Balaban J connectivity index is 0.00000109. The number of hydrogen-bond acceptors (Lipinski definition) is 5. The predicted molar refractivity (Wildman–Crippen MR) is 115 cm³/mol. The van der Waals surface area contributed by atoms with Crippen molar-refractivity contribution in [3.8, 4) is 0 Å². The first-order valence-corrected chi connectivity index (χ1v) is 9.81. The van der Waals surface area contributed by atoms with Gasteiger partial charge >= 0.3 is 0 Å². The van der Waals surface area contributed by atoms with Gasteiger partial charge < -0.3 is 11.1 Å². The Hall–Kier alpha value is -2.70. The van der Waals surface area contributed by atoms with Crippen molar-refractivity contribution in [2.45, 2.75) is 38.4 Å². The van der Waals surface area contributed by atoms with Gasteiger partial charge in [0.1, 0.15) is 11.8 Å². The van der Waals surface area contributed by atoms with E-state index in [2.05, 4.69) is 70.7 Å². The average molecular weight is 379 g/mol. The van der Waals surface area contributed by atoms with Crippen LogP contribution in [0, 0.1) is 0 Å². The van der Waals surface area contributed by atoms with Gasteiger partial charge in [-0.05, 0) is 50.0 Å². The number of piperidine rings is 1. The van der Waals surface area contributed by atoms with E-state index in [0.717, 1.165) is 43.8 Å². The van der Waals surface area contributed by atoms with Gasteiger partial charge in [-0.2, -0.15) is 5.10 Å². The van der Waals surface area contributed by atoms with Gasteiger partial charge in [0.2, 0.25) is 0 Å². The highest BCUT2D eigenvalue weighted by Crippen LogP contribution is 2.25. The highest BCUT2D eigenvalue weighted by atomic mass is 15.3. The van der Waals surface area contributed by atoms with E-state index >= 15 is 0 Å². The highest BCUT2D eigenvalue weighted by molar-refractivity contribution is 5.72. The maximum absolute atomic E-state index is 6.03. The number of rotatable bonds is 5. The molecule has 0 radical (unpaired) electrons. The number of nitrogens with two attached hydrogens (primary N) is 1. The molecule has 1 atom stereocenters. The number of nitrogens with one attached hydrogen (secondary N) is 1. The van der Waals surface area contributed by atoms with Crippen molar-refractivity contribution in [2.75, 3.05) is 18.4 Å². The van der Waals surface area contributed by atoms with Crippen molar-refractivity contribution in [1.29, 1.82) is 0 Å². The quantitative estimate of drug-likeness (QED) is 0.664. The fraction of sp³-hybridized carbons (Fsp3) is 0.364. The van der Waals surface area contributed by atoms with Gasteiger partial charge in [0.15, 0.2) is 5.82 Å². The minimum Gasteiger partial charge on any atom is -0.362 e. The zero-order chi connectivity index (χ0) is 19.9. The average Bonchev–Trinajstić information content (AvgIpc) is 3.16. The van der Waals surface area contributed by atoms with Crippen LogP contribution in [-0.2, 0) is 6.54 Å². The van der Waals surface area contributed by atoms with Crippen molar-refractivity contribution in [3.63, 3.8) is 0 Å². The summed E-state index contributed by atoms with van der Waals surface area (Å²) in [5.74, 6) is 0.880. The number of nitrogens with zero attached hydrogens (tertiary/aromatic N) is 4. The Morgan fingerprint density at radius 1 is 1.18 bits per heavy atom. The Bertz CT molecular complexity index is 867. The zero-order valence-electron chi connectivity index (χ0n) is 16.6. The molecular weight excluding hydrogens is 348 g/mol. The number of hydrogen-bond donors (Lipinski definition) is 2. The number of fused-ring (bicyclic) bond motifs is 1. The maximum atomic E-state index is 6.03. The first-order chi connectivity index (χ1) is 13.7. The summed E-state index contributed by atoms with van der Waals surface area (Å²) in [5.41, 5.74) is 9.59. The lowest BCUT2D eigenvalue weighted by Gasteiger charge is -2.29. The first-order valence-electron chi connectivity index (χ1n) is 9.81. The summed E-state index contributed by atoms with van der Waals surface area (Å²) in [5, 5.41) is 7.94. The van der Waals surface area contributed by atoms with E-state index < -0.39 is 0 Å². The molecule has 3 aromatic rings. The van der Waals surface area contributed by atoms with Crippen LogP contribution in [0.4, 0.5) is 5.82 Å². The zero-order valence-corrected chi connectivity index (χ0v) is 16.6. The monoisotopic (exact) mass is 378 g/mol. The molecule has 148 valence electrons. The van der Waals surface area contributed by atoms with Crippen LogP contribution in [0.3, 0.4) is 0 Å². The van der Waals surface area contributed by atoms with Crippen molar-refractivity contribution in [1.82, 2.24) is 19.5 Å². The second kappa shape index (κ2) is 9.48. The fourth-order valence-electron chi connectivity index (χ4n) is 3.63. The smallest absolute Gasteiger partial charge is 0.154 e. The standard InChI is InChI=1S/C20H26N6.C2H4/c1-15(16-5-3-2-4-6-16)24-20-19-17(7-12-26(19)23-14-22-20)13-25-10-8-18(21)9-11-25;1-2/h2-7,12,14-15,18H,8-11,13,21H2,1H3,(H,22,23,24);1-2H2/t15-;/m0./s1. The number of likely N-dealkylation sites (tertiary alicyclic amines) is 1. The molecule has 0 saturated carbocycles. The summed E-state index contributed by atoms with van der Waals surface area (Å²) in [6, 6.07) is 13.1. The van der Waals surface area contributed by atoms with Crippen LogP contribution in [0.25, 0.3) is 5.52 Å². The molecule has 1 aromatic carbocycles. The molecule has 4 rings (SSSR count). The van der Waals surface area contributed by atoms with E-state index in [0.29, 0.717) is 6.04 Å². The summed E-state index contributed by atoms with van der Waals surface area (Å²) < 4.78 is 1.91. The maximum Gasteiger partial charge on any atom is 0.154 e. The summed E-state index contributed by atoms with van der Waals surface area (Å²) in [7, 11) is 0. The van der Waals surface area contributed by atoms with Gasteiger partial charge in [-0.1, -0.05) is 30.3 Å². The van der Waals surface area contributed by atoms with E-state index in [1.165, 1.54) is 11.1 Å². The van der Waals surface area contributed by atoms with Crippen LogP contribution in [0.15, 0.2) is 62.1 Å². The minimum atomic E-state index is 0.172. The normalized spacial score (nSPS) is 16.4. The van der Waals surface area contributed by atoms with Crippen molar-refractivity contribution in [2.24, 2.45) is 5.73 Å². The summed E-state index contributed by atoms with van der Waals surface area (Å²) in [6.07, 6.45) is 5.76. The van der Waals surface area contributed by atoms with Crippen LogP contribution in [0.5, 0.6) is 0 Å². The second-order valence-electron chi connectivity index (χ2n) is 7.13. The molecule has 1 saturated heterocycles. The van der Waals surface area contributed by atoms with Crippen LogP contribution < -0.4 is 11.1 Å². The third-order valence-electron chi connectivity index (χ3n) is 5.22. The molecule has 0 spiro atoms. The number of aromatic nitrogens is 3. The van der Waals surface area contributed by atoms with E-state index in [1.807, 2.05) is 16.8 Å². The lowest BCUT2D eigenvalue weighted by atomic mass is 10.1. The SMILES string of the molecule is C=C.C[C@H](Nc1ncnn2ccc(CN3CCC(N)CC3)c12)c1ccccc1. The molecule has 1 aliphatic heterocycles. The molecule has 0 unspecified atom stereocenters.